The summed E-state index contributed by atoms with van der Waals surface area (Å²) >= 11 is 0. The number of benzene rings is 2. The zero-order chi connectivity index (χ0) is 21.5. The largest absolute Gasteiger partial charge is 0.491 e. The van der Waals surface area contributed by atoms with Gasteiger partial charge >= 0.3 is 13.2 Å². The van der Waals surface area contributed by atoms with Crippen molar-refractivity contribution in [1.82, 2.24) is 5.32 Å². The maximum absolute atomic E-state index is 12.3. The summed E-state index contributed by atoms with van der Waals surface area (Å²) in [6, 6.07) is 16.5. The Kier molecular flexibility index (Phi) is 5.24. The maximum atomic E-state index is 12.3. The molecule has 1 N–H and O–H groups in total. The Bertz CT molecular complexity index is 923. The number of amides is 1. The monoisotopic (exact) mass is 405 g/mol. The van der Waals surface area contributed by atoms with E-state index in [1.165, 1.54) is 22.3 Å². The molecule has 6 heteroatoms. The van der Waals surface area contributed by atoms with Crippen molar-refractivity contribution in [2.24, 2.45) is 0 Å². The molecule has 156 valence electrons. The van der Waals surface area contributed by atoms with Crippen LogP contribution in [0.1, 0.15) is 44.7 Å². The van der Waals surface area contributed by atoms with E-state index in [1.54, 1.807) is 0 Å². The number of ether oxygens (including phenoxy) is 1. The van der Waals surface area contributed by atoms with E-state index in [9.17, 15) is 4.79 Å². The fraction of sp³-hybridized carbons (Fsp3) is 0.375. The molecule has 2 aromatic rings. The first-order chi connectivity index (χ1) is 14.2. The lowest BCUT2D eigenvalue weighted by Gasteiger charge is -2.32. The van der Waals surface area contributed by atoms with Gasteiger partial charge in [0.2, 0.25) is 0 Å². The van der Waals surface area contributed by atoms with Crippen LogP contribution < -0.4 is 5.32 Å². The highest BCUT2D eigenvalue weighted by Gasteiger charge is 2.51. The van der Waals surface area contributed by atoms with Crippen LogP contribution in [0.25, 0.3) is 11.1 Å². The van der Waals surface area contributed by atoms with Gasteiger partial charge in [-0.15, -0.1) is 6.58 Å². The first-order valence-corrected chi connectivity index (χ1v) is 10.3. The van der Waals surface area contributed by atoms with Crippen LogP contribution >= 0.6 is 0 Å². The van der Waals surface area contributed by atoms with E-state index >= 15 is 0 Å². The first-order valence-electron chi connectivity index (χ1n) is 10.3. The molecular formula is C24H28BNO4. The summed E-state index contributed by atoms with van der Waals surface area (Å²) in [7, 11) is -0.552. The number of rotatable bonds is 5. The van der Waals surface area contributed by atoms with Crippen LogP contribution in [0.5, 0.6) is 0 Å². The van der Waals surface area contributed by atoms with Crippen LogP contribution in [0, 0.1) is 0 Å². The SMILES string of the molecule is C=C(CNC(=O)OCC1c2ccccc2-c2ccccc21)B1OC(C)(C)C(C)(C)O1. The quantitative estimate of drug-likeness (QED) is 0.732. The van der Waals surface area contributed by atoms with Gasteiger partial charge in [-0.3, -0.25) is 0 Å². The molecule has 1 aliphatic heterocycles. The fourth-order valence-corrected chi connectivity index (χ4v) is 3.93. The number of carbonyl (C=O) groups excluding carboxylic acids is 1. The third-order valence-electron chi connectivity index (χ3n) is 6.39. The second-order valence-electron chi connectivity index (χ2n) is 8.93. The van der Waals surface area contributed by atoms with Crippen molar-refractivity contribution >= 4 is 13.2 Å². The molecule has 1 fully saturated rings. The predicted octanol–water partition coefficient (Wildman–Crippen LogP) is 4.71. The van der Waals surface area contributed by atoms with E-state index < -0.39 is 24.4 Å². The molecule has 0 atom stereocenters. The number of hydrogen-bond acceptors (Lipinski definition) is 4. The molecular weight excluding hydrogens is 377 g/mol. The van der Waals surface area contributed by atoms with Gasteiger partial charge in [-0.2, -0.15) is 0 Å². The summed E-state index contributed by atoms with van der Waals surface area (Å²) in [6.07, 6.45) is -0.477. The van der Waals surface area contributed by atoms with Gasteiger partial charge in [-0.05, 0) is 55.4 Å². The van der Waals surface area contributed by atoms with Crippen LogP contribution in [-0.4, -0.2) is 37.6 Å². The van der Waals surface area contributed by atoms with Crippen LogP contribution in [0.3, 0.4) is 0 Å². The summed E-state index contributed by atoms with van der Waals surface area (Å²) in [4.78, 5) is 12.3. The number of hydrogen-bond donors (Lipinski definition) is 1. The number of alkyl carbamates (subject to hydrolysis) is 1. The molecule has 0 unspecified atom stereocenters. The minimum atomic E-state index is -0.552. The third-order valence-corrected chi connectivity index (χ3v) is 6.39. The molecule has 1 saturated heterocycles. The van der Waals surface area contributed by atoms with Gasteiger partial charge in [-0.1, -0.05) is 48.5 Å². The number of nitrogens with one attached hydrogen (secondary N) is 1. The lowest BCUT2D eigenvalue weighted by atomic mass is 9.79. The first kappa shape index (κ1) is 20.7. The molecule has 2 aromatic carbocycles. The zero-order valence-corrected chi connectivity index (χ0v) is 18.0. The van der Waals surface area contributed by atoms with Crippen LogP contribution in [0.4, 0.5) is 4.79 Å². The molecule has 2 aliphatic rings. The third kappa shape index (κ3) is 3.66. The summed E-state index contributed by atoms with van der Waals surface area (Å²) in [5, 5.41) is 2.77. The Morgan fingerprint density at radius 1 is 1.00 bits per heavy atom. The topological polar surface area (TPSA) is 56.8 Å². The lowest BCUT2D eigenvalue weighted by Crippen LogP contribution is -2.41. The van der Waals surface area contributed by atoms with Crippen molar-refractivity contribution in [3.05, 3.63) is 71.7 Å². The summed E-state index contributed by atoms with van der Waals surface area (Å²) < 4.78 is 17.5. The van der Waals surface area contributed by atoms with Gasteiger partial charge in [-0.25, -0.2) is 4.79 Å². The number of fused-ring (bicyclic) bond motifs is 3. The summed E-state index contributed by atoms with van der Waals surface area (Å²) in [6.45, 7) is 12.5. The molecule has 0 saturated carbocycles. The average Bonchev–Trinajstić information content (AvgIpc) is 3.14. The zero-order valence-electron chi connectivity index (χ0n) is 18.0. The molecule has 4 rings (SSSR count). The van der Waals surface area contributed by atoms with E-state index in [0.717, 1.165) is 0 Å². The minimum absolute atomic E-state index is 0.0365. The van der Waals surface area contributed by atoms with Gasteiger partial charge in [0, 0.05) is 12.5 Å². The van der Waals surface area contributed by atoms with Gasteiger partial charge in [0.05, 0.1) is 11.2 Å². The molecule has 1 heterocycles. The average molecular weight is 405 g/mol. The van der Waals surface area contributed by atoms with Crippen molar-refractivity contribution in [3.63, 3.8) is 0 Å². The van der Waals surface area contributed by atoms with E-state index in [1.807, 2.05) is 52.0 Å². The second kappa shape index (κ2) is 7.60. The van der Waals surface area contributed by atoms with Gasteiger partial charge in [0.25, 0.3) is 0 Å². The normalized spacial score (nSPS) is 18.6. The van der Waals surface area contributed by atoms with Crippen molar-refractivity contribution in [2.75, 3.05) is 13.2 Å². The van der Waals surface area contributed by atoms with Crippen molar-refractivity contribution in [3.8, 4) is 11.1 Å². The Hall–Kier alpha value is -2.57. The molecule has 0 radical (unpaired) electrons. The van der Waals surface area contributed by atoms with Crippen LogP contribution in [0.15, 0.2) is 60.6 Å². The Labute approximate surface area is 178 Å². The maximum Gasteiger partial charge on any atom is 0.491 e. The predicted molar refractivity (Wildman–Crippen MR) is 118 cm³/mol. The molecule has 0 spiro atoms. The summed E-state index contributed by atoms with van der Waals surface area (Å²) in [5.74, 6) is 0.0365. The van der Waals surface area contributed by atoms with Crippen molar-refractivity contribution in [2.45, 2.75) is 44.8 Å². The van der Waals surface area contributed by atoms with E-state index in [-0.39, 0.29) is 19.1 Å². The summed E-state index contributed by atoms with van der Waals surface area (Å²) in [5.41, 5.74) is 4.56. The van der Waals surface area contributed by atoms with E-state index in [0.29, 0.717) is 5.47 Å². The Morgan fingerprint density at radius 3 is 2.03 bits per heavy atom. The van der Waals surface area contributed by atoms with Crippen molar-refractivity contribution in [1.29, 1.82) is 0 Å². The highest BCUT2D eigenvalue weighted by Crippen LogP contribution is 2.44. The van der Waals surface area contributed by atoms with Gasteiger partial charge in [0.15, 0.2) is 0 Å². The minimum Gasteiger partial charge on any atom is -0.449 e. The molecule has 0 aromatic heterocycles. The van der Waals surface area contributed by atoms with Crippen LogP contribution in [-0.2, 0) is 14.0 Å². The fourth-order valence-electron chi connectivity index (χ4n) is 3.93. The molecule has 1 aliphatic carbocycles. The smallest absolute Gasteiger partial charge is 0.449 e. The Morgan fingerprint density at radius 2 is 1.50 bits per heavy atom. The second-order valence-corrected chi connectivity index (χ2v) is 8.93. The van der Waals surface area contributed by atoms with Crippen molar-refractivity contribution < 1.29 is 18.8 Å². The molecule has 5 nitrogen and oxygen atoms in total. The van der Waals surface area contributed by atoms with Gasteiger partial charge < -0.3 is 19.4 Å². The van der Waals surface area contributed by atoms with E-state index in [2.05, 4.69) is 36.2 Å². The highest BCUT2D eigenvalue weighted by molar-refractivity contribution is 6.54. The highest BCUT2D eigenvalue weighted by atomic mass is 16.7. The molecule has 30 heavy (non-hydrogen) atoms. The lowest BCUT2D eigenvalue weighted by molar-refractivity contribution is 0.00578. The number of carbonyl (C=O) groups is 1. The van der Waals surface area contributed by atoms with Crippen LogP contribution in [0.2, 0.25) is 0 Å². The standard InChI is InChI=1S/C24H28BNO4/c1-16(25-29-23(2,3)24(4,5)30-25)14-26-22(27)28-15-21-19-12-8-6-10-17(19)18-11-7-9-13-20(18)21/h6-13,21H,1,14-15H2,2-5H3,(H,26,27). The Balaban J connectivity index is 1.33. The molecule has 0 bridgehead atoms. The van der Waals surface area contributed by atoms with Gasteiger partial charge in [0.1, 0.15) is 6.61 Å². The molecule has 1 amide bonds. The van der Waals surface area contributed by atoms with E-state index in [4.69, 9.17) is 14.0 Å².